The van der Waals surface area contributed by atoms with Crippen LogP contribution in [0.15, 0.2) is 28.7 Å². The number of nitrogens with two attached hydrogens (primary N) is 1. The van der Waals surface area contributed by atoms with Crippen molar-refractivity contribution < 1.29 is 4.79 Å². The van der Waals surface area contributed by atoms with Crippen molar-refractivity contribution in [3.63, 3.8) is 0 Å². The monoisotopic (exact) mass is 338 g/mol. The highest BCUT2D eigenvalue weighted by molar-refractivity contribution is 9.10. The van der Waals surface area contributed by atoms with Crippen molar-refractivity contribution >= 4 is 21.8 Å². The van der Waals surface area contributed by atoms with E-state index in [9.17, 15) is 4.79 Å². The molecule has 1 fully saturated rings. The van der Waals surface area contributed by atoms with Gasteiger partial charge in [0.25, 0.3) is 0 Å². The molecule has 1 aromatic rings. The number of carbonyl (C=O) groups is 1. The molecule has 110 valence electrons. The van der Waals surface area contributed by atoms with E-state index in [1.54, 1.807) is 0 Å². The third-order valence-corrected chi connectivity index (χ3v) is 4.75. The summed E-state index contributed by atoms with van der Waals surface area (Å²) < 4.78 is 1.07. The molecule has 1 atom stereocenters. The van der Waals surface area contributed by atoms with Gasteiger partial charge < -0.3 is 10.6 Å². The first kappa shape index (κ1) is 15.5. The Bertz CT molecular complexity index is 456. The molecule has 0 aromatic heterocycles. The zero-order valence-electron chi connectivity index (χ0n) is 12.0. The number of amides is 1. The lowest BCUT2D eigenvalue weighted by molar-refractivity contribution is -0.133. The van der Waals surface area contributed by atoms with Crippen LogP contribution in [0.5, 0.6) is 0 Å². The van der Waals surface area contributed by atoms with Gasteiger partial charge in [-0.2, -0.15) is 0 Å². The smallest absolute Gasteiger partial charge is 0.223 e. The maximum Gasteiger partial charge on any atom is 0.223 e. The summed E-state index contributed by atoms with van der Waals surface area (Å²) in [5.41, 5.74) is 6.90. The van der Waals surface area contributed by atoms with Crippen LogP contribution in [0.1, 0.15) is 38.2 Å². The molecule has 1 amide bonds. The lowest BCUT2D eigenvalue weighted by Crippen LogP contribution is -2.35. The average molecular weight is 339 g/mol. The third kappa shape index (κ3) is 4.06. The normalized spacial score (nSPS) is 15.9. The molecule has 0 spiro atoms. The second-order valence-electron chi connectivity index (χ2n) is 5.56. The fraction of sp³-hybridized carbons (Fsp3) is 0.562. The fourth-order valence-corrected chi connectivity index (χ4v) is 2.79. The number of hydrogen-bond acceptors (Lipinski definition) is 2. The molecule has 2 rings (SSSR count). The summed E-state index contributed by atoms with van der Waals surface area (Å²) in [6.07, 6.45) is 3.81. The average Bonchev–Trinajstić information content (AvgIpc) is 3.28. The minimum absolute atomic E-state index is 0.251. The standard InChI is InChI=1S/C16H23BrN2O/c1-2-12(10-18)9-16(20)19(14-7-8-14)11-13-5-3-4-6-15(13)17/h3-6,12,14H,2,7-11,18H2,1H3. The van der Waals surface area contributed by atoms with Gasteiger partial charge >= 0.3 is 0 Å². The molecule has 4 heteroatoms. The van der Waals surface area contributed by atoms with Crippen LogP contribution in [0.25, 0.3) is 0 Å². The molecule has 0 aliphatic heterocycles. The van der Waals surface area contributed by atoms with Crippen LogP contribution in [0.4, 0.5) is 0 Å². The third-order valence-electron chi connectivity index (χ3n) is 3.98. The Balaban J connectivity index is 2.04. The summed E-state index contributed by atoms with van der Waals surface area (Å²) in [5.74, 6) is 0.559. The summed E-state index contributed by atoms with van der Waals surface area (Å²) in [6, 6.07) is 8.56. The summed E-state index contributed by atoms with van der Waals surface area (Å²) in [4.78, 5) is 14.6. The highest BCUT2D eigenvalue weighted by Gasteiger charge is 2.33. The summed E-state index contributed by atoms with van der Waals surface area (Å²) >= 11 is 3.56. The number of benzene rings is 1. The van der Waals surface area contributed by atoms with Crippen molar-refractivity contribution in [2.45, 2.75) is 45.2 Å². The van der Waals surface area contributed by atoms with Crippen LogP contribution in [0.2, 0.25) is 0 Å². The number of rotatable bonds is 7. The SMILES string of the molecule is CCC(CN)CC(=O)N(Cc1ccccc1Br)C1CC1. The van der Waals surface area contributed by atoms with E-state index >= 15 is 0 Å². The first-order chi connectivity index (χ1) is 9.65. The minimum atomic E-state index is 0.251. The molecule has 1 aliphatic carbocycles. The molecule has 0 radical (unpaired) electrons. The van der Waals surface area contributed by atoms with Gasteiger partial charge in [0.1, 0.15) is 0 Å². The van der Waals surface area contributed by atoms with Crippen LogP contribution in [0.3, 0.4) is 0 Å². The van der Waals surface area contributed by atoms with Gasteiger partial charge in [0.15, 0.2) is 0 Å². The van der Waals surface area contributed by atoms with Crippen LogP contribution in [-0.4, -0.2) is 23.4 Å². The zero-order valence-corrected chi connectivity index (χ0v) is 13.6. The van der Waals surface area contributed by atoms with Crippen LogP contribution in [0, 0.1) is 5.92 Å². The lowest BCUT2D eigenvalue weighted by atomic mass is 10.0. The lowest BCUT2D eigenvalue weighted by Gasteiger charge is -2.25. The summed E-state index contributed by atoms with van der Waals surface area (Å²) in [6.45, 7) is 3.39. The van der Waals surface area contributed by atoms with Gasteiger partial charge in [-0.25, -0.2) is 0 Å². The van der Waals surface area contributed by atoms with Gasteiger partial charge in [0.05, 0.1) is 0 Å². The maximum absolute atomic E-state index is 12.5. The molecule has 1 unspecified atom stereocenters. The summed E-state index contributed by atoms with van der Waals surface area (Å²) in [7, 11) is 0. The number of carbonyl (C=O) groups excluding carboxylic acids is 1. The quantitative estimate of drug-likeness (QED) is 0.828. The minimum Gasteiger partial charge on any atom is -0.335 e. The first-order valence-electron chi connectivity index (χ1n) is 7.38. The Hall–Kier alpha value is -0.870. The van der Waals surface area contributed by atoms with Crippen molar-refractivity contribution in [1.29, 1.82) is 0 Å². The Morgan fingerprint density at radius 1 is 1.45 bits per heavy atom. The second-order valence-corrected chi connectivity index (χ2v) is 6.41. The van der Waals surface area contributed by atoms with Crippen molar-refractivity contribution in [3.8, 4) is 0 Å². The Kier molecular flexibility index (Phi) is 5.61. The number of nitrogens with zero attached hydrogens (tertiary/aromatic N) is 1. The van der Waals surface area contributed by atoms with Crippen molar-refractivity contribution in [3.05, 3.63) is 34.3 Å². The molecule has 1 aromatic carbocycles. The number of hydrogen-bond donors (Lipinski definition) is 1. The molecule has 20 heavy (non-hydrogen) atoms. The number of halogens is 1. The highest BCUT2D eigenvalue weighted by atomic mass is 79.9. The highest BCUT2D eigenvalue weighted by Crippen LogP contribution is 2.31. The van der Waals surface area contributed by atoms with E-state index < -0.39 is 0 Å². The van der Waals surface area contributed by atoms with Gasteiger partial charge in [-0.05, 0) is 36.9 Å². The largest absolute Gasteiger partial charge is 0.335 e. The Morgan fingerprint density at radius 3 is 2.70 bits per heavy atom. The van der Waals surface area contributed by atoms with Gasteiger partial charge in [0, 0.05) is 23.5 Å². The molecule has 3 nitrogen and oxygen atoms in total. The molecule has 0 heterocycles. The van der Waals surface area contributed by atoms with Gasteiger partial charge in [-0.1, -0.05) is 47.5 Å². The van der Waals surface area contributed by atoms with E-state index in [1.807, 2.05) is 23.1 Å². The molecular formula is C16H23BrN2O. The van der Waals surface area contributed by atoms with E-state index in [4.69, 9.17) is 5.73 Å². The van der Waals surface area contributed by atoms with E-state index in [0.29, 0.717) is 31.5 Å². The first-order valence-corrected chi connectivity index (χ1v) is 8.18. The van der Waals surface area contributed by atoms with Crippen LogP contribution < -0.4 is 5.73 Å². The zero-order chi connectivity index (χ0) is 14.5. The van der Waals surface area contributed by atoms with E-state index in [2.05, 4.69) is 28.9 Å². The Labute approximate surface area is 129 Å². The molecular weight excluding hydrogens is 316 g/mol. The van der Waals surface area contributed by atoms with E-state index in [-0.39, 0.29) is 5.91 Å². The van der Waals surface area contributed by atoms with E-state index in [0.717, 1.165) is 23.7 Å². The fourth-order valence-electron chi connectivity index (χ4n) is 2.38. The molecule has 0 bridgehead atoms. The predicted molar refractivity (Wildman–Crippen MR) is 85.2 cm³/mol. The maximum atomic E-state index is 12.5. The van der Waals surface area contributed by atoms with Crippen molar-refractivity contribution in [1.82, 2.24) is 4.90 Å². The Morgan fingerprint density at radius 2 is 2.15 bits per heavy atom. The second kappa shape index (κ2) is 7.23. The van der Waals surface area contributed by atoms with Gasteiger partial charge in [-0.15, -0.1) is 0 Å². The van der Waals surface area contributed by atoms with Gasteiger partial charge in [0.2, 0.25) is 5.91 Å². The van der Waals surface area contributed by atoms with Crippen molar-refractivity contribution in [2.24, 2.45) is 11.7 Å². The summed E-state index contributed by atoms with van der Waals surface area (Å²) in [5, 5.41) is 0. The van der Waals surface area contributed by atoms with Gasteiger partial charge in [-0.3, -0.25) is 4.79 Å². The predicted octanol–water partition coefficient (Wildman–Crippen LogP) is 3.32. The molecule has 0 saturated heterocycles. The topological polar surface area (TPSA) is 46.3 Å². The van der Waals surface area contributed by atoms with Crippen molar-refractivity contribution in [2.75, 3.05) is 6.54 Å². The van der Waals surface area contributed by atoms with E-state index in [1.165, 1.54) is 5.56 Å². The molecule has 1 aliphatic rings. The molecule has 1 saturated carbocycles. The van der Waals surface area contributed by atoms with Crippen LogP contribution in [-0.2, 0) is 11.3 Å². The molecule has 2 N–H and O–H groups in total. The van der Waals surface area contributed by atoms with Crippen LogP contribution >= 0.6 is 15.9 Å².